The zero-order valence-corrected chi connectivity index (χ0v) is 9.82. The lowest BCUT2D eigenvalue weighted by molar-refractivity contribution is 0.0631. The van der Waals surface area contributed by atoms with E-state index in [0.29, 0.717) is 0 Å². The Morgan fingerprint density at radius 2 is 2.06 bits per heavy atom. The molecule has 0 amide bonds. The molecule has 1 unspecified atom stereocenters. The van der Waals surface area contributed by atoms with Crippen LogP contribution in [0.15, 0.2) is 24.3 Å². The molecule has 1 aromatic carbocycles. The average Bonchev–Trinajstić information content (AvgIpc) is 2.55. The summed E-state index contributed by atoms with van der Waals surface area (Å²) >= 11 is 0. The summed E-state index contributed by atoms with van der Waals surface area (Å²) < 4.78 is 27.2. The predicted octanol–water partition coefficient (Wildman–Crippen LogP) is 2.10. The topological polar surface area (TPSA) is 43.8 Å². The quantitative estimate of drug-likeness (QED) is 0.891. The third kappa shape index (κ3) is 2.15. The molecule has 17 heavy (non-hydrogen) atoms. The highest BCUT2D eigenvalue weighted by molar-refractivity contribution is 5.81. The number of alkyl halides is 2. The highest BCUT2D eigenvalue weighted by atomic mass is 19.3. The highest BCUT2D eigenvalue weighted by Gasteiger charge is 2.32. The zero-order valence-electron chi connectivity index (χ0n) is 9.82. The molecule has 0 saturated carbocycles. The summed E-state index contributed by atoms with van der Waals surface area (Å²) in [4.78, 5) is 0. The van der Waals surface area contributed by atoms with Crippen molar-refractivity contribution < 1.29 is 8.78 Å². The van der Waals surface area contributed by atoms with Crippen LogP contribution in [0, 0.1) is 0 Å². The van der Waals surface area contributed by atoms with Gasteiger partial charge < -0.3 is 5.73 Å². The SMILES string of the molecule is Cn1nc2ccccc2c1CC(C)(N)C(F)F. The van der Waals surface area contributed by atoms with E-state index in [9.17, 15) is 8.78 Å². The van der Waals surface area contributed by atoms with Gasteiger partial charge in [0.05, 0.1) is 11.1 Å². The van der Waals surface area contributed by atoms with Crippen LogP contribution in [-0.2, 0) is 13.5 Å². The standard InChI is InChI=1S/C12H15F2N3/c1-12(15,11(13)14)7-10-8-5-3-4-6-9(8)16-17(10)2/h3-6,11H,7,15H2,1-2H3. The van der Waals surface area contributed by atoms with Crippen molar-refractivity contribution in [3.63, 3.8) is 0 Å². The van der Waals surface area contributed by atoms with E-state index in [1.807, 2.05) is 24.3 Å². The number of aryl methyl sites for hydroxylation is 1. The van der Waals surface area contributed by atoms with Gasteiger partial charge in [-0.2, -0.15) is 5.10 Å². The van der Waals surface area contributed by atoms with Crippen LogP contribution >= 0.6 is 0 Å². The van der Waals surface area contributed by atoms with E-state index in [1.54, 1.807) is 11.7 Å². The van der Waals surface area contributed by atoms with Gasteiger partial charge in [-0.25, -0.2) is 8.78 Å². The van der Waals surface area contributed by atoms with Gasteiger partial charge in [-0.3, -0.25) is 4.68 Å². The Kier molecular flexibility index (Phi) is 2.87. The molecule has 2 rings (SSSR count). The van der Waals surface area contributed by atoms with Crippen LogP contribution in [0.5, 0.6) is 0 Å². The number of hydrogen-bond acceptors (Lipinski definition) is 2. The van der Waals surface area contributed by atoms with Crippen molar-refractivity contribution in [3.8, 4) is 0 Å². The molecular weight excluding hydrogens is 224 g/mol. The van der Waals surface area contributed by atoms with Crippen LogP contribution in [0.4, 0.5) is 8.78 Å². The van der Waals surface area contributed by atoms with Crippen LogP contribution < -0.4 is 5.73 Å². The smallest absolute Gasteiger partial charge is 0.256 e. The second-order valence-electron chi connectivity index (χ2n) is 4.57. The molecule has 5 heteroatoms. The fourth-order valence-corrected chi connectivity index (χ4v) is 1.85. The summed E-state index contributed by atoms with van der Waals surface area (Å²) in [7, 11) is 1.75. The molecule has 2 N–H and O–H groups in total. The normalized spacial score (nSPS) is 15.4. The Balaban J connectivity index is 2.45. The molecule has 1 heterocycles. The summed E-state index contributed by atoms with van der Waals surface area (Å²) in [5.74, 6) is 0. The largest absolute Gasteiger partial charge is 0.320 e. The van der Waals surface area contributed by atoms with Gasteiger partial charge in [-0.1, -0.05) is 18.2 Å². The zero-order chi connectivity index (χ0) is 12.6. The average molecular weight is 239 g/mol. The maximum Gasteiger partial charge on any atom is 0.256 e. The second-order valence-corrected chi connectivity index (χ2v) is 4.57. The number of halogens is 2. The van der Waals surface area contributed by atoms with Crippen LogP contribution in [-0.4, -0.2) is 21.7 Å². The number of aromatic nitrogens is 2. The third-order valence-electron chi connectivity index (χ3n) is 2.91. The fourth-order valence-electron chi connectivity index (χ4n) is 1.85. The van der Waals surface area contributed by atoms with Crippen LogP contribution in [0.25, 0.3) is 10.9 Å². The molecular formula is C12H15F2N3. The summed E-state index contributed by atoms with van der Waals surface area (Å²) in [5.41, 5.74) is 5.63. The molecule has 0 fully saturated rings. The number of hydrogen-bond donors (Lipinski definition) is 1. The molecule has 1 aromatic heterocycles. The van der Waals surface area contributed by atoms with E-state index in [1.165, 1.54) is 6.92 Å². The number of nitrogens with zero attached hydrogens (tertiary/aromatic N) is 2. The third-order valence-corrected chi connectivity index (χ3v) is 2.91. The lowest BCUT2D eigenvalue weighted by Gasteiger charge is -2.23. The molecule has 0 aliphatic heterocycles. The van der Waals surface area contributed by atoms with Gasteiger partial charge in [0.15, 0.2) is 0 Å². The Morgan fingerprint density at radius 3 is 2.71 bits per heavy atom. The van der Waals surface area contributed by atoms with Gasteiger partial charge in [-0.15, -0.1) is 0 Å². The van der Waals surface area contributed by atoms with Crippen molar-refractivity contribution in [1.29, 1.82) is 0 Å². The van der Waals surface area contributed by atoms with Gasteiger partial charge in [-0.05, 0) is 13.0 Å². The highest BCUT2D eigenvalue weighted by Crippen LogP contribution is 2.24. The molecule has 0 radical (unpaired) electrons. The molecule has 3 nitrogen and oxygen atoms in total. The summed E-state index contributed by atoms with van der Waals surface area (Å²) in [6, 6.07) is 7.46. The van der Waals surface area contributed by atoms with Crippen molar-refractivity contribution >= 4 is 10.9 Å². The molecule has 0 bridgehead atoms. The van der Waals surface area contributed by atoms with Gasteiger partial charge in [0.1, 0.15) is 0 Å². The second kappa shape index (κ2) is 4.07. The van der Waals surface area contributed by atoms with Gasteiger partial charge >= 0.3 is 0 Å². The summed E-state index contributed by atoms with van der Waals surface area (Å²) in [5, 5.41) is 5.15. The molecule has 92 valence electrons. The first-order valence-electron chi connectivity index (χ1n) is 5.39. The summed E-state index contributed by atoms with van der Waals surface area (Å²) in [6.45, 7) is 1.36. The number of benzene rings is 1. The van der Waals surface area contributed by atoms with Crippen molar-refractivity contribution in [1.82, 2.24) is 9.78 Å². The minimum absolute atomic E-state index is 0.0989. The fraction of sp³-hybridized carbons (Fsp3) is 0.417. The minimum atomic E-state index is -2.56. The van der Waals surface area contributed by atoms with Crippen LogP contribution in [0.1, 0.15) is 12.6 Å². The van der Waals surface area contributed by atoms with E-state index < -0.39 is 12.0 Å². The maximum atomic E-state index is 12.8. The van der Waals surface area contributed by atoms with E-state index in [4.69, 9.17) is 5.73 Å². The molecule has 0 aliphatic rings. The molecule has 0 aliphatic carbocycles. The Morgan fingerprint density at radius 1 is 1.41 bits per heavy atom. The van der Waals surface area contributed by atoms with Crippen LogP contribution in [0.2, 0.25) is 0 Å². The first-order chi connectivity index (χ1) is 7.92. The lowest BCUT2D eigenvalue weighted by atomic mass is 9.96. The van der Waals surface area contributed by atoms with E-state index in [-0.39, 0.29) is 6.42 Å². The maximum absolute atomic E-state index is 12.8. The number of nitrogens with two attached hydrogens (primary N) is 1. The Labute approximate surface area is 98.2 Å². The number of rotatable bonds is 3. The van der Waals surface area contributed by atoms with Crippen molar-refractivity contribution in [2.45, 2.75) is 25.3 Å². The first-order valence-corrected chi connectivity index (χ1v) is 5.39. The monoisotopic (exact) mass is 239 g/mol. The molecule has 1 atom stereocenters. The Bertz CT molecular complexity index is 532. The number of fused-ring (bicyclic) bond motifs is 1. The molecule has 0 saturated heterocycles. The first kappa shape index (κ1) is 12.0. The van der Waals surface area contributed by atoms with Crippen molar-refractivity contribution in [2.75, 3.05) is 0 Å². The van der Waals surface area contributed by atoms with E-state index in [2.05, 4.69) is 5.10 Å². The molecule has 2 aromatic rings. The van der Waals surface area contributed by atoms with Gasteiger partial charge in [0, 0.05) is 24.5 Å². The predicted molar refractivity (Wildman–Crippen MR) is 63.0 cm³/mol. The van der Waals surface area contributed by atoms with Crippen molar-refractivity contribution in [3.05, 3.63) is 30.0 Å². The van der Waals surface area contributed by atoms with Gasteiger partial charge in [0.25, 0.3) is 6.43 Å². The Hall–Kier alpha value is -1.49. The van der Waals surface area contributed by atoms with E-state index in [0.717, 1.165) is 16.6 Å². The van der Waals surface area contributed by atoms with Crippen LogP contribution in [0.3, 0.4) is 0 Å². The minimum Gasteiger partial charge on any atom is -0.320 e. The molecule has 0 spiro atoms. The van der Waals surface area contributed by atoms with E-state index >= 15 is 0 Å². The van der Waals surface area contributed by atoms with Crippen molar-refractivity contribution in [2.24, 2.45) is 12.8 Å². The lowest BCUT2D eigenvalue weighted by Crippen LogP contribution is -2.46. The summed E-state index contributed by atoms with van der Waals surface area (Å²) in [6.07, 6.45) is -2.46. The van der Waals surface area contributed by atoms with Gasteiger partial charge in [0.2, 0.25) is 0 Å².